The van der Waals surface area contributed by atoms with Crippen molar-refractivity contribution in [3.05, 3.63) is 29.3 Å². The normalized spacial score (nSPS) is 18.6. The molecule has 1 saturated carbocycles. The zero-order valence-electron chi connectivity index (χ0n) is 11.5. The molecule has 5 nitrogen and oxygen atoms in total. The van der Waals surface area contributed by atoms with E-state index in [9.17, 15) is 9.59 Å². The fraction of sp³-hybridized carbons (Fsp3) is 0.467. The number of nitrogens with zero attached hydrogens (tertiary/aromatic N) is 1. The van der Waals surface area contributed by atoms with Crippen LogP contribution in [-0.2, 0) is 6.42 Å². The van der Waals surface area contributed by atoms with E-state index in [1.54, 1.807) is 23.1 Å². The molecule has 1 aliphatic carbocycles. The van der Waals surface area contributed by atoms with Gasteiger partial charge >= 0.3 is 12.0 Å². The first-order valence-electron chi connectivity index (χ1n) is 6.90. The van der Waals surface area contributed by atoms with E-state index in [-0.39, 0.29) is 17.0 Å². The first kappa shape index (κ1) is 13.0. The fourth-order valence-corrected chi connectivity index (χ4v) is 2.52. The molecule has 1 aromatic carbocycles. The van der Waals surface area contributed by atoms with Gasteiger partial charge in [0, 0.05) is 18.8 Å². The van der Waals surface area contributed by atoms with Gasteiger partial charge < -0.3 is 10.4 Å². The van der Waals surface area contributed by atoms with Crippen molar-refractivity contribution >= 4 is 17.7 Å². The number of fused-ring (bicyclic) bond motifs is 1. The average molecular weight is 274 g/mol. The second kappa shape index (κ2) is 4.51. The maximum atomic E-state index is 12.2. The fourth-order valence-electron chi connectivity index (χ4n) is 2.52. The van der Waals surface area contributed by atoms with Crippen molar-refractivity contribution in [2.24, 2.45) is 5.41 Å². The highest BCUT2D eigenvalue weighted by atomic mass is 16.4. The lowest BCUT2D eigenvalue weighted by Crippen LogP contribution is -2.41. The average Bonchev–Trinajstić information content (AvgIpc) is 3.01. The summed E-state index contributed by atoms with van der Waals surface area (Å²) < 4.78 is 0. The molecule has 5 heteroatoms. The van der Waals surface area contributed by atoms with Crippen LogP contribution in [0.2, 0.25) is 0 Å². The number of carbonyl (C=O) groups excluding carboxylic acids is 1. The lowest BCUT2D eigenvalue weighted by Gasteiger charge is -2.19. The molecule has 3 rings (SSSR count). The molecule has 1 fully saturated rings. The summed E-state index contributed by atoms with van der Waals surface area (Å²) >= 11 is 0. The molecule has 1 aliphatic heterocycles. The highest BCUT2D eigenvalue weighted by molar-refractivity contribution is 5.96. The van der Waals surface area contributed by atoms with Crippen molar-refractivity contribution in [3.63, 3.8) is 0 Å². The van der Waals surface area contributed by atoms with E-state index in [4.69, 9.17) is 5.11 Å². The molecule has 2 N–H and O–H groups in total. The number of anilines is 1. The molecule has 0 atom stereocenters. The van der Waals surface area contributed by atoms with Crippen LogP contribution in [-0.4, -0.2) is 30.2 Å². The summed E-state index contributed by atoms with van der Waals surface area (Å²) in [7, 11) is 0. The smallest absolute Gasteiger partial charge is 0.335 e. The van der Waals surface area contributed by atoms with Crippen LogP contribution in [0.25, 0.3) is 0 Å². The molecule has 0 saturated heterocycles. The lowest BCUT2D eigenvalue weighted by molar-refractivity contribution is 0.0697. The number of amides is 2. The Labute approximate surface area is 117 Å². The number of carboxylic acid groups (broad SMARTS) is 1. The van der Waals surface area contributed by atoms with E-state index in [1.165, 1.54) is 12.8 Å². The largest absolute Gasteiger partial charge is 0.478 e. The first-order chi connectivity index (χ1) is 9.48. The Morgan fingerprint density at radius 1 is 1.40 bits per heavy atom. The van der Waals surface area contributed by atoms with Gasteiger partial charge in [-0.05, 0) is 48.4 Å². The number of rotatable bonds is 3. The Balaban J connectivity index is 1.72. The Morgan fingerprint density at radius 2 is 2.15 bits per heavy atom. The van der Waals surface area contributed by atoms with Crippen LogP contribution in [0, 0.1) is 5.41 Å². The minimum atomic E-state index is -0.933. The zero-order valence-corrected chi connectivity index (χ0v) is 11.5. The van der Waals surface area contributed by atoms with Crippen LogP contribution in [0.4, 0.5) is 10.5 Å². The molecule has 0 aromatic heterocycles. The van der Waals surface area contributed by atoms with Crippen molar-refractivity contribution in [3.8, 4) is 0 Å². The Kier molecular flexibility index (Phi) is 2.92. The van der Waals surface area contributed by atoms with Gasteiger partial charge in [0.25, 0.3) is 0 Å². The maximum Gasteiger partial charge on any atom is 0.335 e. The third kappa shape index (κ3) is 2.35. The summed E-state index contributed by atoms with van der Waals surface area (Å²) in [4.78, 5) is 24.8. The predicted octanol–water partition coefficient (Wildman–Crippen LogP) is 2.26. The van der Waals surface area contributed by atoms with Gasteiger partial charge in [-0.15, -0.1) is 0 Å². The van der Waals surface area contributed by atoms with Crippen LogP contribution >= 0.6 is 0 Å². The Morgan fingerprint density at radius 3 is 2.80 bits per heavy atom. The number of hydrogen-bond donors (Lipinski definition) is 2. The van der Waals surface area contributed by atoms with E-state index in [2.05, 4.69) is 12.2 Å². The summed E-state index contributed by atoms with van der Waals surface area (Å²) in [6.45, 7) is 3.50. The standard InChI is InChI=1S/C15H18N2O3/c1-15(5-6-15)9-16-14(20)17-7-4-10-8-11(13(18)19)2-3-12(10)17/h2-3,8H,4-7,9H2,1H3,(H,16,20)(H,18,19). The molecular formula is C15H18N2O3. The molecule has 0 spiro atoms. The molecule has 106 valence electrons. The van der Waals surface area contributed by atoms with Crippen molar-refractivity contribution in [2.75, 3.05) is 18.0 Å². The maximum absolute atomic E-state index is 12.2. The highest BCUT2D eigenvalue weighted by Crippen LogP contribution is 2.44. The number of benzene rings is 1. The summed E-state index contributed by atoms with van der Waals surface area (Å²) in [5.74, 6) is -0.933. The van der Waals surface area contributed by atoms with Crippen LogP contribution in [0.3, 0.4) is 0 Å². The van der Waals surface area contributed by atoms with Gasteiger partial charge in [0.1, 0.15) is 0 Å². The second-order valence-corrected chi connectivity index (χ2v) is 6.02. The molecule has 1 heterocycles. The Hall–Kier alpha value is -2.04. The number of nitrogens with one attached hydrogen (secondary N) is 1. The van der Waals surface area contributed by atoms with Crippen LogP contribution in [0.1, 0.15) is 35.7 Å². The molecule has 2 amide bonds. The molecule has 0 radical (unpaired) electrons. The predicted molar refractivity (Wildman–Crippen MR) is 75.2 cm³/mol. The van der Waals surface area contributed by atoms with Gasteiger partial charge in [-0.25, -0.2) is 9.59 Å². The highest BCUT2D eigenvalue weighted by Gasteiger charge is 2.38. The minimum absolute atomic E-state index is 0.0834. The third-order valence-corrected chi connectivity index (χ3v) is 4.24. The number of hydrogen-bond acceptors (Lipinski definition) is 2. The summed E-state index contributed by atoms with van der Waals surface area (Å²) in [6.07, 6.45) is 3.05. The number of urea groups is 1. The topological polar surface area (TPSA) is 69.6 Å². The quantitative estimate of drug-likeness (QED) is 0.888. The SMILES string of the molecule is CC1(CNC(=O)N2CCc3cc(C(=O)O)ccc32)CC1. The summed E-state index contributed by atoms with van der Waals surface area (Å²) in [6, 6.07) is 4.85. The minimum Gasteiger partial charge on any atom is -0.478 e. The van der Waals surface area contributed by atoms with Crippen molar-refractivity contribution in [2.45, 2.75) is 26.2 Å². The summed E-state index contributed by atoms with van der Waals surface area (Å²) in [5.41, 5.74) is 2.31. The number of carbonyl (C=O) groups is 2. The van der Waals surface area contributed by atoms with Gasteiger partial charge in [-0.3, -0.25) is 4.90 Å². The molecule has 1 aromatic rings. The first-order valence-corrected chi connectivity index (χ1v) is 6.90. The van der Waals surface area contributed by atoms with Gasteiger partial charge in [-0.1, -0.05) is 6.92 Å². The van der Waals surface area contributed by atoms with E-state index in [0.29, 0.717) is 19.5 Å². The van der Waals surface area contributed by atoms with Crippen LogP contribution < -0.4 is 10.2 Å². The van der Waals surface area contributed by atoms with Crippen LogP contribution in [0.5, 0.6) is 0 Å². The van der Waals surface area contributed by atoms with E-state index >= 15 is 0 Å². The molecule has 0 unspecified atom stereocenters. The molecule has 0 bridgehead atoms. The van der Waals surface area contributed by atoms with Crippen molar-refractivity contribution in [1.29, 1.82) is 0 Å². The van der Waals surface area contributed by atoms with Gasteiger partial charge in [0.05, 0.1) is 5.56 Å². The molecular weight excluding hydrogens is 256 g/mol. The third-order valence-electron chi connectivity index (χ3n) is 4.24. The van der Waals surface area contributed by atoms with Crippen molar-refractivity contribution in [1.82, 2.24) is 5.32 Å². The van der Waals surface area contributed by atoms with E-state index in [1.807, 2.05) is 0 Å². The van der Waals surface area contributed by atoms with E-state index < -0.39 is 5.97 Å². The summed E-state index contributed by atoms with van der Waals surface area (Å²) in [5, 5.41) is 12.0. The molecule has 20 heavy (non-hydrogen) atoms. The van der Waals surface area contributed by atoms with E-state index in [0.717, 1.165) is 11.3 Å². The molecule has 2 aliphatic rings. The second-order valence-electron chi connectivity index (χ2n) is 6.02. The van der Waals surface area contributed by atoms with Gasteiger partial charge in [-0.2, -0.15) is 0 Å². The van der Waals surface area contributed by atoms with Crippen LogP contribution in [0.15, 0.2) is 18.2 Å². The monoisotopic (exact) mass is 274 g/mol. The lowest BCUT2D eigenvalue weighted by atomic mass is 10.1. The Bertz CT molecular complexity index is 578. The van der Waals surface area contributed by atoms with Gasteiger partial charge in [0.15, 0.2) is 0 Å². The number of aromatic carboxylic acids is 1. The van der Waals surface area contributed by atoms with Crippen molar-refractivity contribution < 1.29 is 14.7 Å². The number of carboxylic acids is 1. The zero-order chi connectivity index (χ0) is 14.3. The van der Waals surface area contributed by atoms with Gasteiger partial charge in [0.2, 0.25) is 0 Å².